The molecule has 84 valence electrons. The molecule has 1 aliphatic rings. The van der Waals surface area contributed by atoms with Crippen LogP contribution in [0, 0.1) is 0 Å². The Morgan fingerprint density at radius 2 is 2.13 bits per heavy atom. The summed E-state index contributed by atoms with van der Waals surface area (Å²) in [4.78, 5) is 0. The van der Waals surface area contributed by atoms with Crippen molar-refractivity contribution in [2.24, 2.45) is 5.73 Å². The molecule has 0 aromatic heterocycles. The van der Waals surface area contributed by atoms with Gasteiger partial charge in [-0.1, -0.05) is 15.9 Å². The van der Waals surface area contributed by atoms with Crippen molar-refractivity contribution < 1.29 is 4.74 Å². The van der Waals surface area contributed by atoms with Crippen molar-refractivity contribution in [1.29, 1.82) is 0 Å². The van der Waals surface area contributed by atoms with Gasteiger partial charge in [0, 0.05) is 10.5 Å². The van der Waals surface area contributed by atoms with Crippen LogP contribution in [0.5, 0.6) is 5.75 Å². The maximum Gasteiger partial charge on any atom is 0.122 e. The van der Waals surface area contributed by atoms with Crippen molar-refractivity contribution in [2.45, 2.75) is 25.3 Å². The van der Waals surface area contributed by atoms with Crippen molar-refractivity contribution >= 4 is 28.3 Å². The lowest BCUT2D eigenvalue weighted by Gasteiger charge is -2.24. The van der Waals surface area contributed by atoms with Gasteiger partial charge in [-0.2, -0.15) is 0 Å². The Morgan fingerprint density at radius 1 is 1.40 bits per heavy atom. The first kappa shape index (κ1) is 12.8. The fourth-order valence-corrected chi connectivity index (χ4v) is 2.56. The highest BCUT2D eigenvalue weighted by Gasteiger charge is 2.20. The van der Waals surface area contributed by atoms with Crippen molar-refractivity contribution in [3.05, 3.63) is 27.7 Å². The van der Waals surface area contributed by atoms with E-state index in [1.165, 1.54) is 11.1 Å². The number of nitrogens with two attached hydrogens (primary N) is 1. The largest absolute Gasteiger partial charge is 0.496 e. The number of hydrogen-bond donors (Lipinski definition) is 1. The molecule has 4 heteroatoms. The molecule has 0 aliphatic heterocycles. The molecule has 0 heterocycles. The summed E-state index contributed by atoms with van der Waals surface area (Å²) >= 11 is 3.56. The van der Waals surface area contributed by atoms with Crippen LogP contribution in [0.1, 0.15) is 17.5 Å². The summed E-state index contributed by atoms with van der Waals surface area (Å²) in [5.74, 6) is 0.995. The highest BCUT2D eigenvalue weighted by molar-refractivity contribution is 9.10. The lowest BCUT2D eigenvalue weighted by Crippen LogP contribution is -2.28. The number of fused-ring (bicyclic) bond motifs is 1. The Balaban J connectivity index is 0.00000112. The summed E-state index contributed by atoms with van der Waals surface area (Å²) in [5, 5.41) is 0. The highest BCUT2D eigenvalue weighted by Crippen LogP contribution is 2.34. The Morgan fingerprint density at radius 3 is 2.80 bits per heavy atom. The zero-order valence-corrected chi connectivity index (χ0v) is 11.0. The first-order chi connectivity index (χ1) is 6.72. The molecule has 0 saturated heterocycles. The molecular formula is C11H15BrClNO. The number of benzene rings is 1. The summed E-state index contributed by atoms with van der Waals surface area (Å²) in [6, 6.07) is 4.35. The van der Waals surface area contributed by atoms with Gasteiger partial charge in [-0.3, -0.25) is 0 Å². The van der Waals surface area contributed by atoms with E-state index < -0.39 is 0 Å². The van der Waals surface area contributed by atoms with Gasteiger partial charge in [0.1, 0.15) is 5.75 Å². The predicted molar refractivity (Wildman–Crippen MR) is 67.9 cm³/mol. The van der Waals surface area contributed by atoms with Crippen LogP contribution in [0.2, 0.25) is 0 Å². The lowest BCUT2D eigenvalue weighted by molar-refractivity contribution is 0.404. The highest BCUT2D eigenvalue weighted by atomic mass is 79.9. The third-order valence-electron chi connectivity index (χ3n) is 2.78. The van der Waals surface area contributed by atoms with Crippen molar-refractivity contribution in [1.82, 2.24) is 0 Å². The third-order valence-corrected chi connectivity index (χ3v) is 3.53. The quantitative estimate of drug-likeness (QED) is 0.864. The number of rotatable bonds is 1. The van der Waals surface area contributed by atoms with Gasteiger partial charge in [-0.05, 0) is 42.5 Å². The average molecular weight is 293 g/mol. The smallest absolute Gasteiger partial charge is 0.122 e. The number of hydrogen-bond acceptors (Lipinski definition) is 2. The molecule has 2 N–H and O–H groups in total. The molecule has 15 heavy (non-hydrogen) atoms. The Labute approximate surface area is 105 Å². The molecule has 2 nitrogen and oxygen atoms in total. The standard InChI is InChI=1S/C11H14BrNO.ClH/c1-14-11-5-4-10(12)9-6-7(13)2-3-8(9)11;/h4-5,7H,2-3,6,13H2,1H3;1H/t7-;/m1./s1. The van der Waals surface area contributed by atoms with Crippen LogP contribution in [-0.4, -0.2) is 13.2 Å². The maximum absolute atomic E-state index is 5.95. The van der Waals surface area contributed by atoms with Crippen LogP contribution in [0.25, 0.3) is 0 Å². The van der Waals surface area contributed by atoms with E-state index in [0.29, 0.717) is 6.04 Å². The molecule has 0 radical (unpaired) electrons. The molecule has 0 bridgehead atoms. The normalized spacial score (nSPS) is 19.0. The summed E-state index contributed by atoms with van der Waals surface area (Å²) in [7, 11) is 1.72. The van der Waals surface area contributed by atoms with Crippen LogP contribution in [0.15, 0.2) is 16.6 Å². The van der Waals surface area contributed by atoms with Crippen molar-refractivity contribution in [3.8, 4) is 5.75 Å². The second-order valence-electron chi connectivity index (χ2n) is 3.71. The van der Waals surface area contributed by atoms with E-state index in [2.05, 4.69) is 15.9 Å². The molecule has 0 fully saturated rings. The lowest BCUT2D eigenvalue weighted by atomic mass is 9.88. The number of methoxy groups -OCH3 is 1. The van der Waals surface area contributed by atoms with Gasteiger partial charge >= 0.3 is 0 Å². The third kappa shape index (κ3) is 2.47. The van der Waals surface area contributed by atoms with Gasteiger partial charge in [0.25, 0.3) is 0 Å². The average Bonchev–Trinajstić information content (AvgIpc) is 2.19. The Bertz CT molecular complexity index is 357. The van der Waals surface area contributed by atoms with Crippen molar-refractivity contribution in [2.75, 3.05) is 7.11 Å². The van der Waals surface area contributed by atoms with Gasteiger partial charge in [0.05, 0.1) is 7.11 Å². The number of ether oxygens (including phenoxy) is 1. The molecule has 0 saturated carbocycles. The van der Waals surface area contributed by atoms with Gasteiger partial charge in [-0.15, -0.1) is 12.4 Å². The van der Waals surface area contributed by atoms with E-state index in [4.69, 9.17) is 10.5 Å². The molecule has 1 aliphatic carbocycles. The van der Waals surface area contributed by atoms with Gasteiger partial charge < -0.3 is 10.5 Å². The van der Waals surface area contributed by atoms with Gasteiger partial charge in [0.2, 0.25) is 0 Å². The molecule has 1 aromatic carbocycles. The maximum atomic E-state index is 5.95. The SMILES string of the molecule is COc1ccc(Br)c2c1CC[C@@H](N)C2.Cl. The molecule has 2 rings (SSSR count). The first-order valence-electron chi connectivity index (χ1n) is 4.82. The van der Waals surface area contributed by atoms with E-state index in [0.717, 1.165) is 29.5 Å². The Hall–Kier alpha value is -0.250. The second kappa shape index (κ2) is 5.19. The zero-order chi connectivity index (χ0) is 10.1. The van der Waals surface area contributed by atoms with Crippen LogP contribution >= 0.6 is 28.3 Å². The minimum atomic E-state index is 0. The van der Waals surface area contributed by atoms with Crippen LogP contribution in [-0.2, 0) is 12.8 Å². The monoisotopic (exact) mass is 291 g/mol. The first-order valence-corrected chi connectivity index (χ1v) is 5.61. The van der Waals surface area contributed by atoms with Crippen LogP contribution in [0.3, 0.4) is 0 Å². The molecule has 1 atom stereocenters. The molecule has 0 amide bonds. The molecular weight excluding hydrogens is 277 g/mol. The van der Waals surface area contributed by atoms with Crippen LogP contribution in [0.4, 0.5) is 0 Å². The Kier molecular flexibility index (Phi) is 4.44. The predicted octanol–water partition coefficient (Wildman–Crippen LogP) is 2.70. The van der Waals surface area contributed by atoms with Crippen LogP contribution < -0.4 is 10.5 Å². The fourth-order valence-electron chi connectivity index (χ4n) is 2.02. The van der Waals surface area contributed by atoms with Gasteiger partial charge in [0.15, 0.2) is 0 Å². The molecule has 1 aromatic rings. The minimum Gasteiger partial charge on any atom is -0.496 e. The summed E-state index contributed by atoms with van der Waals surface area (Å²) in [5.41, 5.74) is 8.59. The van der Waals surface area contributed by atoms with E-state index in [1.807, 2.05) is 12.1 Å². The second-order valence-corrected chi connectivity index (χ2v) is 4.56. The van der Waals surface area contributed by atoms with E-state index in [9.17, 15) is 0 Å². The van der Waals surface area contributed by atoms with E-state index in [-0.39, 0.29) is 12.4 Å². The molecule has 0 unspecified atom stereocenters. The minimum absolute atomic E-state index is 0. The van der Waals surface area contributed by atoms with Gasteiger partial charge in [-0.25, -0.2) is 0 Å². The van der Waals surface area contributed by atoms with E-state index in [1.54, 1.807) is 7.11 Å². The van der Waals surface area contributed by atoms with Crippen molar-refractivity contribution in [3.63, 3.8) is 0 Å². The topological polar surface area (TPSA) is 35.2 Å². The summed E-state index contributed by atoms with van der Waals surface area (Å²) in [6.45, 7) is 0. The summed E-state index contributed by atoms with van der Waals surface area (Å²) < 4.78 is 6.50. The summed E-state index contributed by atoms with van der Waals surface area (Å²) in [6.07, 6.45) is 3.03. The zero-order valence-electron chi connectivity index (χ0n) is 8.63. The van der Waals surface area contributed by atoms with E-state index >= 15 is 0 Å². The number of halogens is 2. The molecule has 0 spiro atoms. The fraction of sp³-hybridized carbons (Fsp3) is 0.455.